The summed E-state index contributed by atoms with van der Waals surface area (Å²) in [4.78, 5) is 11.6. The smallest absolute Gasteiger partial charge is 0.251 e. The van der Waals surface area contributed by atoms with Crippen molar-refractivity contribution in [2.45, 2.75) is 6.54 Å². The molecule has 3 N–H and O–H groups in total. The largest absolute Gasteiger partial charge is 0.508 e. The first kappa shape index (κ1) is 11.0. The molecule has 88 valence electrons. The molecule has 0 fully saturated rings. The number of rotatable bonds is 3. The number of carbonyl (C=O) groups is 1. The van der Waals surface area contributed by atoms with E-state index in [4.69, 9.17) is 4.52 Å². The summed E-state index contributed by atoms with van der Waals surface area (Å²) in [5, 5.41) is 24.5. The summed E-state index contributed by atoms with van der Waals surface area (Å²) in [6.07, 6.45) is 1.47. The first-order valence-corrected chi connectivity index (χ1v) is 4.86. The average molecular weight is 234 g/mol. The molecule has 2 rings (SSSR count). The number of aromatic hydroxyl groups is 2. The van der Waals surface area contributed by atoms with E-state index in [1.165, 1.54) is 18.3 Å². The predicted octanol–water partition coefficient (Wildman–Crippen LogP) is 1.02. The molecule has 0 aliphatic rings. The summed E-state index contributed by atoms with van der Waals surface area (Å²) in [6.45, 7) is 0.190. The number of phenolic OH excluding ortho intramolecular Hbond substituents is 2. The third-order valence-corrected chi connectivity index (χ3v) is 2.08. The summed E-state index contributed by atoms with van der Waals surface area (Å²) in [6, 6.07) is 5.29. The van der Waals surface area contributed by atoms with Crippen LogP contribution < -0.4 is 5.32 Å². The molecule has 1 aromatic heterocycles. The number of aromatic nitrogens is 1. The molecule has 0 atom stereocenters. The van der Waals surface area contributed by atoms with Crippen LogP contribution in [0.5, 0.6) is 11.5 Å². The Hall–Kier alpha value is -2.50. The van der Waals surface area contributed by atoms with Crippen molar-refractivity contribution in [1.29, 1.82) is 0 Å². The van der Waals surface area contributed by atoms with Gasteiger partial charge < -0.3 is 20.1 Å². The van der Waals surface area contributed by atoms with Gasteiger partial charge in [0.05, 0.1) is 12.7 Å². The average Bonchev–Trinajstić information content (AvgIpc) is 2.77. The molecular weight excluding hydrogens is 224 g/mol. The second-order valence-corrected chi connectivity index (χ2v) is 3.40. The lowest BCUT2D eigenvalue weighted by atomic mass is 10.2. The van der Waals surface area contributed by atoms with E-state index in [-0.39, 0.29) is 23.6 Å². The second kappa shape index (κ2) is 4.56. The molecule has 1 amide bonds. The van der Waals surface area contributed by atoms with E-state index in [2.05, 4.69) is 10.5 Å². The molecule has 6 nitrogen and oxygen atoms in total. The molecule has 17 heavy (non-hydrogen) atoms. The lowest BCUT2D eigenvalue weighted by Crippen LogP contribution is -2.22. The zero-order valence-corrected chi connectivity index (χ0v) is 8.75. The van der Waals surface area contributed by atoms with Crippen LogP contribution in [0.2, 0.25) is 0 Å². The van der Waals surface area contributed by atoms with Gasteiger partial charge in [0.25, 0.3) is 5.91 Å². The molecule has 0 bridgehead atoms. The van der Waals surface area contributed by atoms with Crippen LogP contribution in [0.25, 0.3) is 0 Å². The Labute approximate surface area is 96.5 Å². The van der Waals surface area contributed by atoms with Gasteiger partial charge in [-0.1, -0.05) is 5.16 Å². The van der Waals surface area contributed by atoms with Crippen LogP contribution in [0.4, 0.5) is 0 Å². The van der Waals surface area contributed by atoms with Crippen LogP contribution in [-0.2, 0) is 6.54 Å². The van der Waals surface area contributed by atoms with Crippen molar-refractivity contribution in [2.75, 3.05) is 0 Å². The maximum absolute atomic E-state index is 11.6. The third-order valence-electron chi connectivity index (χ3n) is 2.08. The number of carbonyl (C=O) groups excluding carboxylic acids is 1. The molecule has 0 unspecified atom stereocenters. The summed E-state index contributed by atoms with van der Waals surface area (Å²) in [5.41, 5.74) is 0.169. The minimum absolute atomic E-state index is 0.169. The molecule has 6 heteroatoms. The number of benzene rings is 1. The molecule has 1 aromatic carbocycles. The highest BCUT2D eigenvalue weighted by molar-refractivity contribution is 5.94. The van der Waals surface area contributed by atoms with Crippen molar-refractivity contribution in [3.05, 3.63) is 41.8 Å². The Balaban J connectivity index is 2.04. The fourth-order valence-corrected chi connectivity index (χ4v) is 1.33. The molecule has 0 saturated heterocycles. The molecule has 0 radical (unpaired) electrons. The molecular formula is C11H10N2O4. The Kier molecular flexibility index (Phi) is 2.95. The van der Waals surface area contributed by atoms with Gasteiger partial charge in [-0.3, -0.25) is 4.79 Å². The predicted molar refractivity (Wildman–Crippen MR) is 57.4 cm³/mol. The fourth-order valence-electron chi connectivity index (χ4n) is 1.33. The van der Waals surface area contributed by atoms with Gasteiger partial charge in [0.15, 0.2) is 5.76 Å². The monoisotopic (exact) mass is 234 g/mol. The molecule has 0 spiro atoms. The number of nitrogens with zero attached hydrogens (tertiary/aromatic N) is 1. The highest BCUT2D eigenvalue weighted by Gasteiger charge is 2.09. The van der Waals surface area contributed by atoms with Crippen LogP contribution >= 0.6 is 0 Å². The molecule has 2 aromatic rings. The van der Waals surface area contributed by atoms with Gasteiger partial charge in [-0.05, 0) is 12.1 Å². The minimum atomic E-state index is -0.424. The summed E-state index contributed by atoms with van der Waals surface area (Å²) >= 11 is 0. The van der Waals surface area contributed by atoms with Crippen LogP contribution in [-0.4, -0.2) is 21.3 Å². The van der Waals surface area contributed by atoms with Crippen molar-refractivity contribution in [3.8, 4) is 11.5 Å². The van der Waals surface area contributed by atoms with E-state index >= 15 is 0 Å². The Morgan fingerprint density at radius 1 is 1.29 bits per heavy atom. The molecule has 0 saturated carbocycles. The normalized spacial score (nSPS) is 10.1. The highest BCUT2D eigenvalue weighted by Crippen LogP contribution is 2.20. The van der Waals surface area contributed by atoms with Crippen molar-refractivity contribution >= 4 is 5.91 Å². The van der Waals surface area contributed by atoms with E-state index in [0.717, 1.165) is 6.07 Å². The van der Waals surface area contributed by atoms with Gasteiger partial charge in [0, 0.05) is 17.7 Å². The van der Waals surface area contributed by atoms with Crippen LogP contribution in [0.3, 0.4) is 0 Å². The van der Waals surface area contributed by atoms with E-state index in [1.54, 1.807) is 6.07 Å². The zero-order chi connectivity index (χ0) is 12.3. The van der Waals surface area contributed by atoms with E-state index in [1.807, 2.05) is 0 Å². The Morgan fingerprint density at radius 2 is 2.00 bits per heavy atom. The van der Waals surface area contributed by atoms with E-state index < -0.39 is 5.91 Å². The lowest BCUT2D eigenvalue weighted by molar-refractivity contribution is 0.0946. The number of nitrogens with one attached hydrogen (secondary N) is 1. The molecule has 0 aliphatic carbocycles. The number of phenols is 2. The highest BCUT2D eigenvalue weighted by atomic mass is 16.5. The van der Waals surface area contributed by atoms with Gasteiger partial charge in [-0.25, -0.2) is 0 Å². The Morgan fingerprint density at radius 3 is 2.59 bits per heavy atom. The molecule has 1 heterocycles. The maximum atomic E-state index is 11.6. The van der Waals surface area contributed by atoms with Crippen molar-refractivity contribution in [1.82, 2.24) is 10.5 Å². The Bertz CT molecular complexity index is 502. The molecule has 0 aliphatic heterocycles. The minimum Gasteiger partial charge on any atom is -0.508 e. The first-order chi connectivity index (χ1) is 8.15. The van der Waals surface area contributed by atoms with Crippen molar-refractivity contribution in [2.24, 2.45) is 0 Å². The van der Waals surface area contributed by atoms with Gasteiger partial charge in [0.1, 0.15) is 11.5 Å². The van der Waals surface area contributed by atoms with Gasteiger partial charge in [-0.2, -0.15) is 0 Å². The quantitative estimate of drug-likeness (QED) is 0.736. The standard InChI is InChI=1S/C11H10N2O4/c14-8-3-7(4-9(15)5-8)11(16)12-6-10-1-2-13-17-10/h1-5,14-15H,6H2,(H,12,16). The first-order valence-electron chi connectivity index (χ1n) is 4.86. The summed E-state index contributed by atoms with van der Waals surface area (Å²) < 4.78 is 4.80. The lowest BCUT2D eigenvalue weighted by Gasteiger charge is -2.04. The van der Waals surface area contributed by atoms with E-state index in [0.29, 0.717) is 5.76 Å². The number of amides is 1. The zero-order valence-electron chi connectivity index (χ0n) is 8.75. The maximum Gasteiger partial charge on any atom is 0.251 e. The second-order valence-electron chi connectivity index (χ2n) is 3.40. The van der Waals surface area contributed by atoms with E-state index in [9.17, 15) is 15.0 Å². The fraction of sp³-hybridized carbons (Fsp3) is 0.0909. The topological polar surface area (TPSA) is 95.6 Å². The van der Waals surface area contributed by atoms with Gasteiger partial charge >= 0.3 is 0 Å². The van der Waals surface area contributed by atoms with Crippen LogP contribution in [0.1, 0.15) is 16.1 Å². The van der Waals surface area contributed by atoms with Gasteiger partial charge in [0.2, 0.25) is 0 Å². The summed E-state index contributed by atoms with van der Waals surface area (Å²) in [7, 11) is 0. The van der Waals surface area contributed by atoms with Crippen molar-refractivity contribution in [3.63, 3.8) is 0 Å². The van der Waals surface area contributed by atoms with Crippen molar-refractivity contribution < 1.29 is 19.5 Å². The number of hydrogen-bond donors (Lipinski definition) is 3. The third kappa shape index (κ3) is 2.75. The number of hydrogen-bond acceptors (Lipinski definition) is 5. The van der Waals surface area contributed by atoms with Gasteiger partial charge in [-0.15, -0.1) is 0 Å². The van der Waals surface area contributed by atoms with Crippen LogP contribution in [0, 0.1) is 0 Å². The van der Waals surface area contributed by atoms with Crippen LogP contribution in [0.15, 0.2) is 35.0 Å². The SMILES string of the molecule is O=C(NCc1ccno1)c1cc(O)cc(O)c1. The summed E-state index contributed by atoms with van der Waals surface area (Å²) in [5.74, 6) is -0.250.